The summed E-state index contributed by atoms with van der Waals surface area (Å²) >= 11 is 0. The molecule has 0 aliphatic rings. The monoisotopic (exact) mass is 364 g/mol. The van der Waals surface area contributed by atoms with Crippen molar-refractivity contribution in [2.45, 2.75) is 45.9 Å². The zero-order valence-electron chi connectivity index (χ0n) is 15.8. The zero-order valence-corrected chi connectivity index (χ0v) is 15.8. The van der Waals surface area contributed by atoms with Crippen LogP contribution in [-0.4, -0.2) is 53.5 Å². The minimum atomic E-state index is -1.14. The summed E-state index contributed by atoms with van der Waals surface area (Å²) < 4.78 is 5.62. The molecule has 0 radical (unpaired) electrons. The third-order valence-electron chi connectivity index (χ3n) is 3.86. The van der Waals surface area contributed by atoms with Crippen LogP contribution < -0.4 is 5.32 Å². The molecule has 2 amide bonds. The Labute approximate surface area is 154 Å². The number of aliphatic carboxylic acids is 1. The summed E-state index contributed by atoms with van der Waals surface area (Å²) in [6.45, 7) is 5.48. The van der Waals surface area contributed by atoms with E-state index in [0.29, 0.717) is 13.0 Å². The van der Waals surface area contributed by atoms with Crippen LogP contribution in [0.4, 0.5) is 0 Å². The molecule has 0 spiro atoms. The predicted octanol–water partition coefficient (Wildman–Crippen LogP) is 1.67. The van der Waals surface area contributed by atoms with E-state index in [4.69, 9.17) is 9.84 Å². The van der Waals surface area contributed by atoms with Crippen LogP contribution in [-0.2, 0) is 25.7 Å². The Bertz CT molecular complexity index is 603. The molecule has 1 aromatic rings. The van der Waals surface area contributed by atoms with E-state index >= 15 is 0 Å². The van der Waals surface area contributed by atoms with Crippen LogP contribution in [0.5, 0.6) is 0 Å². The largest absolute Gasteiger partial charge is 0.480 e. The number of carbonyl (C=O) groups is 3. The molecule has 1 aromatic carbocycles. The van der Waals surface area contributed by atoms with Crippen LogP contribution in [0.25, 0.3) is 0 Å². The number of hydrogen-bond donors (Lipinski definition) is 2. The van der Waals surface area contributed by atoms with E-state index in [0.717, 1.165) is 5.56 Å². The molecule has 2 N–H and O–H groups in total. The highest BCUT2D eigenvalue weighted by Gasteiger charge is 2.29. The first-order chi connectivity index (χ1) is 12.2. The average molecular weight is 364 g/mol. The molecule has 1 rings (SSSR count). The maximum atomic E-state index is 12.5. The molecule has 0 aromatic heterocycles. The molecule has 0 fully saturated rings. The maximum absolute atomic E-state index is 12.5. The van der Waals surface area contributed by atoms with Crippen molar-refractivity contribution in [2.75, 3.05) is 13.7 Å². The first-order valence-corrected chi connectivity index (χ1v) is 8.62. The van der Waals surface area contributed by atoms with E-state index in [1.165, 1.54) is 18.9 Å². The summed E-state index contributed by atoms with van der Waals surface area (Å²) in [6.07, 6.45) is 0.299. The summed E-state index contributed by atoms with van der Waals surface area (Å²) in [5, 5.41) is 11.4. The molecule has 2 atom stereocenters. The standard InChI is InChI=1S/C19H28N2O5/c1-13(2)10-17(22)21(4)16(18(23)20-14(3)19(24)25)12-26-11-15-8-6-5-7-9-15/h5-9,13-14,16H,10-12H2,1-4H3,(H,20,23)(H,24,25)/t14-,16-/m1/s1. The van der Waals surface area contributed by atoms with Crippen molar-refractivity contribution in [1.29, 1.82) is 0 Å². The Hall–Kier alpha value is -2.41. The van der Waals surface area contributed by atoms with Gasteiger partial charge in [0.15, 0.2) is 0 Å². The molecule has 7 nitrogen and oxygen atoms in total. The van der Waals surface area contributed by atoms with Gasteiger partial charge in [0.25, 0.3) is 0 Å². The minimum absolute atomic E-state index is 0.0204. The number of hydrogen-bond acceptors (Lipinski definition) is 4. The van der Waals surface area contributed by atoms with Crippen LogP contribution >= 0.6 is 0 Å². The lowest BCUT2D eigenvalue weighted by Gasteiger charge is -2.28. The summed E-state index contributed by atoms with van der Waals surface area (Å²) in [5.74, 6) is -1.73. The van der Waals surface area contributed by atoms with Crippen LogP contribution in [0, 0.1) is 5.92 Å². The average Bonchev–Trinajstić information content (AvgIpc) is 2.58. The SMILES string of the molecule is CC(C)CC(=O)N(C)[C@H](COCc1ccccc1)C(=O)N[C@H](C)C(=O)O. The lowest BCUT2D eigenvalue weighted by molar-refractivity contribution is -0.145. The lowest BCUT2D eigenvalue weighted by atomic mass is 10.1. The van der Waals surface area contributed by atoms with E-state index in [9.17, 15) is 14.4 Å². The second kappa shape index (κ2) is 10.6. The molecule has 0 unspecified atom stereocenters. The van der Waals surface area contributed by atoms with Crippen LogP contribution in [0.1, 0.15) is 32.8 Å². The molecular formula is C19H28N2O5. The third kappa shape index (κ3) is 7.23. The molecule has 0 aliphatic carbocycles. The maximum Gasteiger partial charge on any atom is 0.325 e. The molecule has 7 heteroatoms. The number of benzene rings is 1. The second-order valence-electron chi connectivity index (χ2n) is 6.69. The number of carboxylic acids is 1. The van der Waals surface area contributed by atoms with Crippen molar-refractivity contribution in [1.82, 2.24) is 10.2 Å². The van der Waals surface area contributed by atoms with Gasteiger partial charge in [0, 0.05) is 13.5 Å². The van der Waals surface area contributed by atoms with Crippen molar-refractivity contribution in [3.05, 3.63) is 35.9 Å². The van der Waals surface area contributed by atoms with Gasteiger partial charge in [-0.2, -0.15) is 0 Å². The molecular weight excluding hydrogens is 336 g/mol. The number of rotatable bonds is 10. The Morgan fingerprint density at radius 1 is 1.15 bits per heavy atom. The molecule has 26 heavy (non-hydrogen) atoms. The topological polar surface area (TPSA) is 95.9 Å². The van der Waals surface area contributed by atoms with E-state index in [1.807, 2.05) is 44.2 Å². The van der Waals surface area contributed by atoms with Gasteiger partial charge in [0.05, 0.1) is 13.2 Å². The van der Waals surface area contributed by atoms with Gasteiger partial charge >= 0.3 is 5.97 Å². The number of amides is 2. The first kappa shape index (κ1) is 21.6. The van der Waals surface area contributed by atoms with Gasteiger partial charge in [0.1, 0.15) is 12.1 Å². The molecule has 0 heterocycles. The van der Waals surface area contributed by atoms with Crippen LogP contribution in [0.3, 0.4) is 0 Å². The minimum Gasteiger partial charge on any atom is -0.480 e. The Morgan fingerprint density at radius 2 is 1.77 bits per heavy atom. The molecule has 144 valence electrons. The predicted molar refractivity (Wildman–Crippen MR) is 97.4 cm³/mol. The van der Waals surface area contributed by atoms with Crippen LogP contribution in [0.2, 0.25) is 0 Å². The number of ether oxygens (including phenoxy) is 1. The number of carbonyl (C=O) groups excluding carboxylic acids is 2. The van der Waals surface area contributed by atoms with Gasteiger partial charge in [-0.15, -0.1) is 0 Å². The van der Waals surface area contributed by atoms with Crippen molar-refractivity contribution in [2.24, 2.45) is 5.92 Å². The van der Waals surface area contributed by atoms with Crippen molar-refractivity contribution >= 4 is 17.8 Å². The summed E-state index contributed by atoms with van der Waals surface area (Å²) in [5.41, 5.74) is 0.946. The number of carboxylic acid groups (broad SMARTS) is 1. The van der Waals surface area contributed by atoms with Crippen molar-refractivity contribution < 1.29 is 24.2 Å². The smallest absolute Gasteiger partial charge is 0.325 e. The van der Waals surface area contributed by atoms with Gasteiger partial charge in [-0.3, -0.25) is 14.4 Å². The lowest BCUT2D eigenvalue weighted by Crippen LogP contribution is -2.53. The van der Waals surface area contributed by atoms with E-state index in [1.54, 1.807) is 0 Å². The van der Waals surface area contributed by atoms with E-state index in [-0.39, 0.29) is 18.4 Å². The third-order valence-corrected chi connectivity index (χ3v) is 3.86. The highest BCUT2D eigenvalue weighted by molar-refractivity contribution is 5.90. The van der Waals surface area contributed by atoms with Crippen molar-refractivity contribution in [3.63, 3.8) is 0 Å². The Balaban J connectivity index is 2.77. The number of nitrogens with zero attached hydrogens (tertiary/aromatic N) is 1. The fraction of sp³-hybridized carbons (Fsp3) is 0.526. The summed E-state index contributed by atoms with van der Waals surface area (Å²) in [7, 11) is 1.53. The summed E-state index contributed by atoms with van der Waals surface area (Å²) in [4.78, 5) is 37.1. The van der Waals surface area contributed by atoms with Crippen molar-refractivity contribution in [3.8, 4) is 0 Å². The van der Waals surface area contributed by atoms with Gasteiger partial charge in [-0.05, 0) is 18.4 Å². The van der Waals surface area contributed by atoms with E-state index < -0.39 is 24.0 Å². The summed E-state index contributed by atoms with van der Waals surface area (Å²) in [6, 6.07) is 7.51. The zero-order chi connectivity index (χ0) is 19.7. The quantitative estimate of drug-likeness (QED) is 0.658. The second-order valence-corrected chi connectivity index (χ2v) is 6.69. The van der Waals surface area contributed by atoms with Crippen LogP contribution in [0.15, 0.2) is 30.3 Å². The van der Waals surface area contributed by atoms with E-state index in [2.05, 4.69) is 5.32 Å². The normalized spacial score (nSPS) is 13.1. The Morgan fingerprint density at radius 3 is 2.31 bits per heavy atom. The Kier molecular flexibility index (Phi) is 8.78. The molecule has 0 saturated heterocycles. The molecule has 0 saturated carbocycles. The highest BCUT2D eigenvalue weighted by atomic mass is 16.5. The number of likely N-dealkylation sites (N-methyl/N-ethyl adjacent to an activating group) is 1. The molecule has 0 aliphatic heterocycles. The van der Waals surface area contributed by atoms with Gasteiger partial charge < -0.3 is 20.1 Å². The highest BCUT2D eigenvalue weighted by Crippen LogP contribution is 2.09. The fourth-order valence-electron chi connectivity index (χ4n) is 2.26. The number of nitrogens with one attached hydrogen (secondary N) is 1. The fourth-order valence-corrected chi connectivity index (χ4v) is 2.26. The first-order valence-electron chi connectivity index (χ1n) is 8.62. The molecule has 0 bridgehead atoms. The van der Waals surface area contributed by atoms with Gasteiger partial charge in [-0.1, -0.05) is 44.2 Å². The van der Waals surface area contributed by atoms with Gasteiger partial charge in [0.2, 0.25) is 11.8 Å². The van der Waals surface area contributed by atoms with Gasteiger partial charge in [-0.25, -0.2) is 0 Å².